The van der Waals surface area contributed by atoms with Gasteiger partial charge in [0.15, 0.2) is 0 Å². The van der Waals surface area contributed by atoms with E-state index in [1.165, 1.54) is 12.1 Å². The smallest absolute Gasteiger partial charge is 0.338 e. The van der Waals surface area contributed by atoms with Crippen LogP contribution < -0.4 is 9.47 Å². The summed E-state index contributed by atoms with van der Waals surface area (Å²) in [5.74, 6) is 0.118. The molecule has 2 aromatic rings. The van der Waals surface area contributed by atoms with E-state index in [0.29, 0.717) is 24.3 Å². The van der Waals surface area contributed by atoms with Crippen LogP contribution in [0.4, 0.5) is 0 Å². The molecule has 0 saturated heterocycles. The van der Waals surface area contributed by atoms with E-state index in [9.17, 15) is 9.59 Å². The molecule has 5 nitrogen and oxygen atoms in total. The number of carbonyl (C=O) groups excluding carboxylic acids is 2. The average Bonchev–Trinajstić information content (AvgIpc) is 2.69. The third-order valence-corrected chi connectivity index (χ3v) is 3.56. The summed E-state index contributed by atoms with van der Waals surface area (Å²) in [6, 6.07) is 13.8. The van der Waals surface area contributed by atoms with Crippen molar-refractivity contribution < 1.29 is 23.8 Å². The van der Waals surface area contributed by atoms with Gasteiger partial charge in [-0.1, -0.05) is 49.6 Å². The van der Waals surface area contributed by atoms with E-state index in [4.69, 9.17) is 14.2 Å². The molecule has 140 valence electrons. The van der Waals surface area contributed by atoms with Gasteiger partial charge in [0.05, 0.1) is 12.0 Å². The molecule has 0 fully saturated rings. The number of esters is 2. The van der Waals surface area contributed by atoms with Crippen molar-refractivity contribution in [2.24, 2.45) is 0 Å². The highest BCUT2D eigenvalue weighted by atomic mass is 16.5. The predicted octanol–water partition coefficient (Wildman–Crippen LogP) is 4.13. The van der Waals surface area contributed by atoms with Crippen LogP contribution in [0.15, 0.2) is 73.8 Å². The summed E-state index contributed by atoms with van der Waals surface area (Å²) in [6.07, 6.45) is 3.81. The molecule has 0 spiro atoms. The third kappa shape index (κ3) is 6.47. The second-order valence-corrected chi connectivity index (χ2v) is 5.60. The fraction of sp³-hybridized carbons (Fsp3) is 0.182. The van der Waals surface area contributed by atoms with Crippen LogP contribution in [0.2, 0.25) is 0 Å². The minimum absolute atomic E-state index is 0.121. The second kappa shape index (κ2) is 10.6. The summed E-state index contributed by atoms with van der Waals surface area (Å²) < 4.78 is 15.9. The van der Waals surface area contributed by atoms with E-state index in [1.54, 1.807) is 24.3 Å². The van der Waals surface area contributed by atoms with Gasteiger partial charge in [-0.15, -0.1) is 0 Å². The standard InChI is InChI=1S/C22H22O5/c1-3-14-25-20-11-6-5-8-17(20)12-13-21(23)27-19-10-7-9-18(16-19)22(24)26-15-4-2/h3-11,16H,1-2,12-15H2. The fourth-order valence-electron chi connectivity index (χ4n) is 2.32. The predicted molar refractivity (Wildman–Crippen MR) is 103 cm³/mol. The Labute approximate surface area is 158 Å². The maximum absolute atomic E-state index is 12.2. The largest absolute Gasteiger partial charge is 0.489 e. The summed E-state index contributed by atoms with van der Waals surface area (Å²) in [5.41, 5.74) is 1.23. The topological polar surface area (TPSA) is 61.8 Å². The highest BCUT2D eigenvalue weighted by molar-refractivity contribution is 5.90. The molecule has 2 rings (SSSR count). The Morgan fingerprint density at radius 3 is 2.52 bits per heavy atom. The molecule has 0 aliphatic heterocycles. The van der Waals surface area contributed by atoms with Crippen molar-refractivity contribution in [1.82, 2.24) is 0 Å². The SMILES string of the molecule is C=CCOC(=O)c1cccc(OC(=O)CCc2ccccc2OCC=C)c1. The maximum Gasteiger partial charge on any atom is 0.338 e. The lowest BCUT2D eigenvalue weighted by atomic mass is 10.1. The molecule has 2 aromatic carbocycles. The highest BCUT2D eigenvalue weighted by Gasteiger charge is 2.11. The van der Waals surface area contributed by atoms with Crippen LogP contribution in [-0.2, 0) is 16.0 Å². The molecule has 0 aliphatic rings. The average molecular weight is 366 g/mol. The number of carbonyl (C=O) groups is 2. The number of rotatable bonds is 10. The second-order valence-electron chi connectivity index (χ2n) is 5.60. The van der Waals surface area contributed by atoms with Crippen LogP contribution in [0.25, 0.3) is 0 Å². The van der Waals surface area contributed by atoms with Crippen molar-refractivity contribution in [1.29, 1.82) is 0 Å². The number of benzene rings is 2. The first kappa shape index (κ1) is 20.0. The first-order valence-corrected chi connectivity index (χ1v) is 8.54. The summed E-state index contributed by atoms with van der Waals surface area (Å²) in [4.78, 5) is 24.0. The number of hydrogen-bond donors (Lipinski definition) is 0. The molecular formula is C22H22O5. The zero-order chi connectivity index (χ0) is 19.5. The molecule has 0 saturated carbocycles. The van der Waals surface area contributed by atoms with Gasteiger partial charge in [-0.05, 0) is 36.2 Å². The monoisotopic (exact) mass is 366 g/mol. The van der Waals surface area contributed by atoms with Crippen LogP contribution in [-0.4, -0.2) is 25.2 Å². The molecule has 0 atom stereocenters. The molecule has 0 amide bonds. The van der Waals surface area contributed by atoms with Gasteiger partial charge in [0.1, 0.15) is 24.7 Å². The molecule has 0 aliphatic carbocycles. The van der Waals surface area contributed by atoms with Crippen LogP contribution in [0.1, 0.15) is 22.3 Å². The molecule has 0 radical (unpaired) electrons. The van der Waals surface area contributed by atoms with Gasteiger partial charge in [-0.2, -0.15) is 0 Å². The zero-order valence-corrected chi connectivity index (χ0v) is 15.1. The van der Waals surface area contributed by atoms with E-state index < -0.39 is 11.9 Å². The Bertz CT molecular complexity index is 810. The molecule has 0 N–H and O–H groups in total. The lowest BCUT2D eigenvalue weighted by molar-refractivity contribution is -0.134. The van der Waals surface area contributed by atoms with E-state index in [0.717, 1.165) is 11.3 Å². The lowest BCUT2D eigenvalue weighted by Crippen LogP contribution is -2.11. The molecule has 0 aromatic heterocycles. The Morgan fingerprint density at radius 1 is 0.963 bits per heavy atom. The van der Waals surface area contributed by atoms with E-state index in [1.807, 2.05) is 24.3 Å². The maximum atomic E-state index is 12.2. The van der Waals surface area contributed by atoms with E-state index in [2.05, 4.69) is 13.2 Å². The van der Waals surface area contributed by atoms with Crippen LogP contribution in [0.5, 0.6) is 11.5 Å². The first-order valence-electron chi connectivity index (χ1n) is 8.54. The number of para-hydroxylation sites is 1. The van der Waals surface area contributed by atoms with Crippen LogP contribution in [0.3, 0.4) is 0 Å². The zero-order valence-electron chi connectivity index (χ0n) is 15.1. The van der Waals surface area contributed by atoms with Gasteiger partial charge in [-0.25, -0.2) is 4.79 Å². The summed E-state index contributed by atoms with van der Waals surface area (Å²) >= 11 is 0. The Kier molecular flexibility index (Phi) is 7.85. The quantitative estimate of drug-likeness (QED) is 0.359. The van der Waals surface area contributed by atoms with Gasteiger partial charge in [0.25, 0.3) is 0 Å². The summed E-state index contributed by atoms with van der Waals surface area (Å²) in [7, 11) is 0. The summed E-state index contributed by atoms with van der Waals surface area (Å²) in [5, 5.41) is 0. The van der Waals surface area contributed by atoms with Crippen molar-refractivity contribution in [3.8, 4) is 11.5 Å². The first-order chi connectivity index (χ1) is 13.1. The van der Waals surface area contributed by atoms with Gasteiger partial charge < -0.3 is 14.2 Å². The van der Waals surface area contributed by atoms with Crippen molar-refractivity contribution in [3.63, 3.8) is 0 Å². The molecule has 0 bridgehead atoms. The Hall–Kier alpha value is -3.34. The number of hydrogen-bond acceptors (Lipinski definition) is 5. The molecule has 5 heteroatoms. The fourth-order valence-corrected chi connectivity index (χ4v) is 2.32. The van der Waals surface area contributed by atoms with Crippen LogP contribution >= 0.6 is 0 Å². The summed E-state index contributed by atoms with van der Waals surface area (Å²) in [6.45, 7) is 7.64. The molecular weight excluding hydrogens is 344 g/mol. The number of ether oxygens (including phenoxy) is 3. The van der Waals surface area contributed by atoms with Crippen molar-refractivity contribution >= 4 is 11.9 Å². The molecule has 27 heavy (non-hydrogen) atoms. The Balaban J connectivity index is 1.94. The number of aryl methyl sites for hydroxylation is 1. The van der Waals surface area contributed by atoms with E-state index in [-0.39, 0.29) is 13.0 Å². The lowest BCUT2D eigenvalue weighted by Gasteiger charge is -2.10. The minimum atomic E-state index is -0.499. The van der Waals surface area contributed by atoms with Gasteiger partial charge in [-0.3, -0.25) is 4.79 Å². The normalized spacial score (nSPS) is 9.93. The van der Waals surface area contributed by atoms with E-state index >= 15 is 0 Å². The molecule has 0 unspecified atom stereocenters. The van der Waals surface area contributed by atoms with Crippen LogP contribution in [0, 0.1) is 0 Å². The van der Waals surface area contributed by atoms with Crippen molar-refractivity contribution in [3.05, 3.63) is 85.0 Å². The van der Waals surface area contributed by atoms with Crippen molar-refractivity contribution in [2.75, 3.05) is 13.2 Å². The van der Waals surface area contributed by atoms with Gasteiger partial charge in [0.2, 0.25) is 0 Å². The van der Waals surface area contributed by atoms with Crippen molar-refractivity contribution in [2.45, 2.75) is 12.8 Å². The Morgan fingerprint density at radius 2 is 1.74 bits per heavy atom. The van der Waals surface area contributed by atoms with Gasteiger partial charge in [0, 0.05) is 0 Å². The molecule has 0 heterocycles. The third-order valence-electron chi connectivity index (χ3n) is 3.56. The minimum Gasteiger partial charge on any atom is -0.489 e. The highest BCUT2D eigenvalue weighted by Crippen LogP contribution is 2.20. The van der Waals surface area contributed by atoms with Gasteiger partial charge >= 0.3 is 11.9 Å².